The highest BCUT2D eigenvalue weighted by Crippen LogP contribution is 2.44. The van der Waals surface area contributed by atoms with Gasteiger partial charge in [0.15, 0.2) is 0 Å². The molecule has 0 radical (unpaired) electrons. The summed E-state index contributed by atoms with van der Waals surface area (Å²) in [6.45, 7) is 18.4. The van der Waals surface area contributed by atoms with Crippen molar-refractivity contribution in [3.05, 3.63) is 0 Å². The second kappa shape index (κ2) is 12.4. The molecule has 0 fully saturated rings. The molecule has 1 N–H and O–H groups in total. The van der Waals surface area contributed by atoms with Crippen molar-refractivity contribution in [2.45, 2.75) is 84.7 Å². The van der Waals surface area contributed by atoms with Gasteiger partial charge in [-0.1, -0.05) is 27.7 Å². The largest absolute Gasteiger partial charge is 0.390 e. The highest BCUT2D eigenvalue weighted by atomic mass is 32.2. The first-order valence-corrected chi connectivity index (χ1v) is 12.8. The van der Waals surface area contributed by atoms with Crippen LogP contribution >= 0.6 is 35.3 Å². The van der Waals surface area contributed by atoms with Gasteiger partial charge in [0.25, 0.3) is 0 Å². The monoisotopic (exact) mass is 410 g/mol. The topological polar surface area (TPSA) is 29.5 Å². The number of aliphatic hydroxyl groups is 1. The smallest absolute Gasteiger partial charge is 0.0599 e. The van der Waals surface area contributed by atoms with Gasteiger partial charge in [-0.15, -0.1) is 0 Å². The van der Waals surface area contributed by atoms with Gasteiger partial charge in [0, 0.05) is 22.0 Å². The summed E-state index contributed by atoms with van der Waals surface area (Å²) in [6, 6.07) is 0. The normalized spacial score (nSPS) is 13.7. The van der Waals surface area contributed by atoms with E-state index in [0.717, 1.165) is 24.5 Å². The van der Waals surface area contributed by atoms with Crippen molar-refractivity contribution in [1.82, 2.24) is 0 Å². The highest BCUT2D eigenvalue weighted by Gasteiger charge is 2.36. The number of ether oxygens (including phenoxy) is 1. The Kier molecular flexibility index (Phi) is 12.9. The van der Waals surface area contributed by atoms with E-state index < -0.39 is 5.60 Å². The molecule has 0 unspecified atom stereocenters. The molecule has 0 aromatic carbocycles. The van der Waals surface area contributed by atoms with Crippen molar-refractivity contribution in [2.75, 3.05) is 35.4 Å². The van der Waals surface area contributed by atoms with E-state index in [0.29, 0.717) is 11.5 Å². The number of hydrogen-bond acceptors (Lipinski definition) is 5. The fourth-order valence-corrected chi connectivity index (χ4v) is 5.78. The fraction of sp³-hybridized carbons (Fsp3) is 1.00. The van der Waals surface area contributed by atoms with Crippen LogP contribution in [-0.4, -0.2) is 56.9 Å². The van der Waals surface area contributed by atoms with Crippen molar-refractivity contribution in [3.8, 4) is 0 Å². The molecule has 0 saturated carbocycles. The average Bonchev–Trinajstić information content (AvgIpc) is 2.44. The molecule has 0 aromatic rings. The highest BCUT2D eigenvalue weighted by molar-refractivity contribution is 8.03. The van der Waals surface area contributed by atoms with Crippen LogP contribution in [0.3, 0.4) is 0 Å². The maximum Gasteiger partial charge on any atom is 0.0599 e. The lowest BCUT2D eigenvalue weighted by Crippen LogP contribution is -2.37. The standard InChI is InChI=1S/C20H42O2S3/c1-17(2)22-11-14-23-12-9-18(3,4)20(7,8)25-16-15-24-13-10-19(5,6)21/h17,21H,9-16H2,1-8H3. The summed E-state index contributed by atoms with van der Waals surface area (Å²) in [5.41, 5.74) is -0.208. The summed E-state index contributed by atoms with van der Waals surface area (Å²) in [5.74, 6) is 5.70. The third-order valence-electron chi connectivity index (χ3n) is 4.73. The first-order valence-electron chi connectivity index (χ1n) is 9.51. The Hall–Kier alpha value is 0.970. The van der Waals surface area contributed by atoms with E-state index >= 15 is 0 Å². The number of thioether (sulfide) groups is 3. The maximum atomic E-state index is 9.75. The van der Waals surface area contributed by atoms with Crippen molar-refractivity contribution in [2.24, 2.45) is 5.41 Å². The van der Waals surface area contributed by atoms with Crippen LogP contribution in [0, 0.1) is 5.41 Å². The first-order chi connectivity index (χ1) is 11.4. The van der Waals surface area contributed by atoms with E-state index in [4.69, 9.17) is 4.74 Å². The van der Waals surface area contributed by atoms with E-state index in [1.807, 2.05) is 37.4 Å². The Morgan fingerprint density at radius 3 is 1.92 bits per heavy atom. The maximum absolute atomic E-state index is 9.75. The SMILES string of the molecule is CC(C)OCCSCCC(C)(C)C(C)(C)SCCSCCC(C)(C)O. The zero-order chi connectivity index (χ0) is 19.6. The van der Waals surface area contributed by atoms with E-state index in [-0.39, 0.29) is 4.75 Å². The summed E-state index contributed by atoms with van der Waals surface area (Å²) in [6.07, 6.45) is 2.45. The minimum absolute atomic E-state index is 0.277. The first kappa shape index (κ1) is 26.0. The molecule has 0 aliphatic carbocycles. The van der Waals surface area contributed by atoms with Crippen LogP contribution in [-0.2, 0) is 4.74 Å². The Bertz CT molecular complexity index is 336. The second-order valence-electron chi connectivity index (χ2n) is 8.70. The predicted molar refractivity (Wildman–Crippen MR) is 122 cm³/mol. The lowest BCUT2D eigenvalue weighted by molar-refractivity contribution is 0.0777. The third-order valence-corrected chi connectivity index (χ3v) is 8.60. The molecule has 0 rings (SSSR count). The van der Waals surface area contributed by atoms with Gasteiger partial charge in [-0.05, 0) is 57.5 Å². The Morgan fingerprint density at radius 1 is 0.800 bits per heavy atom. The van der Waals surface area contributed by atoms with Gasteiger partial charge in [-0.3, -0.25) is 0 Å². The predicted octanol–water partition coefficient (Wildman–Crippen LogP) is 5.97. The summed E-state index contributed by atoms with van der Waals surface area (Å²) in [5, 5.41) is 9.75. The summed E-state index contributed by atoms with van der Waals surface area (Å²) in [4.78, 5) is 0. The zero-order valence-corrected chi connectivity index (χ0v) is 20.3. The molecule has 0 aromatic heterocycles. The Balaban J connectivity index is 3.93. The Labute approximate surface area is 170 Å². The van der Waals surface area contributed by atoms with Gasteiger partial charge in [0.2, 0.25) is 0 Å². The lowest BCUT2D eigenvalue weighted by Gasteiger charge is -2.41. The van der Waals surface area contributed by atoms with Crippen molar-refractivity contribution in [1.29, 1.82) is 0 Å². The fourth-order valence-electron chi connectivity index (χ4n) is 2.05. The summed E-state index contributed by atoms with van der Waals surface area (Å²) < 4.78 is 5.88. The van der Waals surface area contributed by atoms with Crippen molar-refractivity contribution >= 4 is 35.3 Å². The molecule has 0 amide bonds. The van der Waals surface area contributed by atoms with Gasteiger partial charge < -0.3 is 9.84 Å². The van der Waals surface area contributed by atoms with Gasteiger partial charge in [-0.25, -0.2) is 0 Å². The molecule has 0 bridgehead atoms. The summed E-state index contributed by atoms with van der Waals surface area (Å²) >= 11 is 6.07. The Morgan fingerprint density at radius 2 is 1.36 bits per heavy atom. The minimum Gasteiger partial charge on any atom is -0.390 e. The van der Waals surface area contributed by atoms with Crippen LogP contribution < -0.4 is 0 Å². The molecule has 0 atom stereocenters. The van der Waals surface area contributed by atoms with Gasteiger partial charge in [-0.2, -0.15) is 35.3 Å². The average molecular weight is 411 g/mol. The van der Waals surface area contributed by atoms with Gasteiger partial charge >= 0.3 is 0 Å². The quantitative estimate of drug-likeness (QED) is 0.336. The van der Waals surface area contributed by atoms with E-state index in [1.165, 1.54) is 23.7 Å². The van der Waals surface area contributed by atoms with E-state index in [1.54, 1.807) is 0 Å². The number of rotatable bonds is 15. The summed E-state index contributed by atoms with van der Waals surface area (Å²) in [7, 11) is 0. The van der Waals surface area contributed by atoms with Crippen molar-refractivity contribution in [3.63, 3.8) is 0 Å². The van der Waals surface area contributed by atoms with E-state index in [2.05, 4.69) is 53.3 Å². The van der Waals surface area contributed by atoms with Gasteiger partial charge in [0.1, 0.15) is 0 Å². The lowest BCUT2D eigenvalue weighted by atomic mass is 9.78. The van der Waals surface area contributed by atoms with Crippen LogP contribution in [0.4, 0.5) is 0 Å². The zero-order valence-electron chi connectivity index (χ0n) is 17.8. The van der Waals surface area contributed by atoms with Crippen LogP contribution in [0.15, 0.2) is 0 Å². The van der Waals surface area contributed by atoms with Gasteiger partial charge in [0.05, 0.1) is 18.3 Å². The molecule has 0 aliphatic rings. The molecule has 2 nitrogen and oxygen atoms in total. The van der Waals surface area contributed by atoms with Crippen LogP contribution in [0.2, 0.25) is 0 Å². The van der Waals surface area contributed by atoms with E-state index in [9.17, 15) is 5.11 Å². The molecule has 0 aliphatic heterocycles. The van der Waals surface area contributed by atoms with Crippen LogP contribution in [0.25, 0.3) is 0 Å². The van der Waals surface area contributed by atoms with Crippen molar-refractivity contribution < 1.29 is 9.84 Å². The van der Waals surface area contributed by atoms with Crippen LogP contribution in [0.5, 0.6) is 0 Å². The molecule has 0 heterocycles. The van der Waals surface area contributed by atoms with Crippen LogP contribution in [0.1, 0.15) is 68.2 Å². The molecule has 152 valence electrons. The minimum atomic E-state index is -0.528. The molecule has 0 spiro atoms. The molecular weight excluding hydrogens is 368 g/mol. The number of hydrogen-bond donors (Lipinski definition) is 1. The molecule has 0 saturated heterocycles. The molecule has 25 heavy (non-hydrogen) atoms. The molecule has 5 heteroatoms. The second-order valence-corrected chi connectivity index (χ2v) is 12.9. The third kappa shape index (κ3) is 13.7. The molecular formula is C20H42O2S3.